The third-order valence-corrected chi connectivity index (χ3v) is 4.10. The SMILES string of the molecule is COc1ccc(F)cc1CN1CCCC(c2ccn[nH]2)C1. The van der Waals surface area contributed by atoms with E-state index in [1.807, 2.05) is 6.07 Å². The summed E-state index contributed by atoms with van der Waals surface area (Å²) in [5.41, 5.74) is 2.09. The van der Waals surface area contributed by atoms with Crippen LogP contribution in [0.15, 0.2) is 30.5 Å². The van der Waals surface area contributed by atoms with Gasteiger partial charge in [0.15, 0.2) is 0 Å². The lowest BCUT2D eigenvalue weighted by molar-refractivity contribution is 0.196. The fourth-order valence-corrected chi connectivity index (χ4v) is 3.06. The minimum absolute atomic E-state index is 0.215. The second-order valence-corrected chi connectivity index (χ2v) is 5.54. The molecule has 1 N–H and O–H groups in total. The van der Waals surface area contributed by atoms with E-state index in [1.54, 1.807) is 25.4 Å². The number of hydrogen-bond donors (Lipinski definition) is 1. The van der Waals surface area contributed by atoms with Gasteiger partial charge in [-0.05, 0) is 43.7 Å². The first-order valence-corrected chi connectivity index (χ1v) is 7.30. The van der Waals surface area contributed by atoms with Gasteiger partial charge in [0, 0.05) is 36.5 Å². The zero-order valence-corrected chi connectivity index (χ0v) is 12.2. The third-order valence-electron chi connectivity index (χ3n) is 4.10. The zero-order valence-electron chi connectivity index (χ0n) is 12.2. The first-order valence-electron chi connectivity index (χ1n) is 7.30. The normalized spacial score (nSPS) is 19.6. The number of likely N-dealkylation sites (tertiary alicyclic amines) is 1. The molecule has 1 atom stereocenters. The van der Waals surface area contributed by atoms with Gasteiger partial charge in [-0.15, -0.1) is 0 Å². The predicted molar refractivity (Wildman–Crippen MR) is 78.8 cm³/mol. The van der Waals surface area contributed by atoms with E-state index < -0.39 is 0 Å². The number of methoxy groups -OCH3 is 1. The molecule has 21 heavy (non-hydrogen) atoms. The average molecular weight is 289 g/mol. The maximum atomic E-state index is 13.5. The lowest BCUT2D eigenvalue weighted by Gasteiger charge is -2.32. The summed E-state index contributed by atoms with van der Waals surface area (Å²) in [6.07, 6.45) is 4.10. The molecule has 112 valence electrons. The van der Waals surface area contributed by atoms with Crippen LogP contribution in [-0.4, -0.2) is 35.3 Å². The summed E-state index contributed by atoms with van der Waals surface area (Å²) in [7, 11) is 1.63. The summed E-state index contributed by atoms with van der Waals surface area (Å²) >= 11 is 0. The highest BCUT2D eigenvalue weighted by atomic mass is 19.1. The van der Waals surface area contributed by atoms with Crippen LogP contribution >= 0.6 is 0 Å². The molecule has 0 bridgehead atoms. The Hall–Kier alpha value is -1.88. The number of ether oxygens (including phenoxy) is 1. The summed E-state index contributed by atoms with van der Waals surface area (Å²) in [5.74, 6) is 1.01. The van der Waals surface area contributed by atoms with Crippen LogP contribution < -0.4 is 4.74 Å². The number of aromatic nitrogens is 2. The number of nitrogens with one attached hydrogen (secondary N) is 1. The van der Waals surface area contributed by atoms with Gasteiger partial charge in [-0.3, -0.25) is 10.00 Å². The maximum absolute atomic E-state index is 13.5. The number of nitrogens with zero attached hydrogens (tertiary/aromatic N) is 2. The van der Waals surface area contributed by atoms with E-state index in [4.69, 9.17) is 4.74 Å². The molecule has 1 fully saturated rings. The van der Waals surface area contributed by atoms with E-state index in [1.165, 1.54) is 18.2 Å². The Kier molecular flexibility index (Phi) is 4.20. The van der Waals surface area contributed by atoms with Crippen molar-refractivity contribution in [3.63, 3.8) is 0 Å². The minimum Gasteiger partial charge on any atom is -0.496 e. The highest BCUT2D eigenvalue weighted by molar-refractivity contribution is 5.34. The fourth-order valence-electron chi connectivity index (χ4n) is 3.06. The van der Waals surface area contributed by atoms with E-state index >= 15 is 0 Å². The lowest BCUT2D eigenvalue weighted by atomic mass is 9.94. The van der Waals surface area contributed by atoms with Crippen molar-refractivity contribution in [1.82, 2.24) is 15.1 Å². The molecule has 0 saturated carbocycles. The van der Waals surface area contributed by atoms with Crippen molar-refractivity contribution < 1.29 is 9.13 Å². The van der Waals surface area contributed by atoms with Crippen molar-refractivity contribution in [3.8, 4) is 5.75 Å². The second-order valence-electron chi connectivity index (χ2n) is 5.54. The van der Waals surface area contributed by atoms with E-state index in [9.17, 15) is 4.39 Å². The van der Waals surface area contributed by atoms with Crippen molar-refractivity contribution in [3.05, 3.63) is 47.5 Å². The summed E-state index contributed by atoms with van der Waals surface area (Å²) in [5, 5.41) is 7.09. The van der Waals surface area contributed by atoms with Crippen molar-refractivity contribution in [2.24, 2.45) is 0 Å². The van der Waals surface area contributed by atoms with Crippen molar-refractivity contribution in [2.75, 3.05) is 20.2 Å². The van der Waals surface area contributed by atoms with Gasteiger partial charge in [0.2, 0.25) is 0 Å². The quantitative estimate of drug-likeness (QED) is 0.941. The van der Waals surface area contributed by atoms with Gasteiger partial charge in [-0.2, -0.15) is 5.10 Å². The van der Waals surface area contributed by atoms with Crippen molar-refractivity contribution in [2.45, 2.75) is 25.3 Å². The van der Waals surface area contributed by atoms with Crippen molar-refractivity contribution >= 4 is 0 Å². The smallest absolute Gasteiger partial charge is 0.123 e. The summed E-state index contributed by atoms with van der Waals surface area (Å²) in [6, 6.07) is 6.74. The van der Waals surface area contributed by atoms with Crippen LogP contribution in [0.4, 0.5) is 4.39 Å². The molecule has 0 aliphatic carbocycles. The van der Waals surface area contributed by atoms with Crippen LogP contribution in [0.1, 0.15) is 30.0 Å². The average Bonchev–Trinajstić information content (AvgIpc) is 3.02. The Bertz CT molecular complexity index is 585. The summed E-state index contributed by atoms with van der Waals surface area (Å²) in [6.45, 7) is 2.71. The molecule has 5 heteroatoms. The van der Waals surface area contributed by atoms with E-state index in [2.05, 4.69) is 15.1 Å². The topological polar surface area (TPSA) is 41.1 Å². The number of halogens is 1. The molecule has 2 heterocycles. The Morgan fingerprint density at radius 1 is 1.43 bits per heavy atom. The zero-order chi connectivity index (χ0) is 14.7. The highest BCUT2D eigenvalue weighted by Crippen LogP contribution is 2.28. The van der Waals surface area contributed by atoms with Crippen LogP contribution in [0, 0.1) is 5.82 Å². The fraction of sp³-hybridized carbons (Fsp3) is 0.438. The van der Waals surface area contributed by atoms with Crippen LogP contribution in [0.5, 0.6) is 5.75 Å². The van der Waals surface area contributed by atoms with Crippen molar-refractivity contribution in [1.29, 1.82) is 0 Å². The standard InChI is InChI=1S/C16H20FN3O/c1-21-16-5-4-14(17)9-13(16)11-20-8-2-3-12(10-20)15-6-7-18-19-15/h4-7,9,12H,2-3,8,10-11H2,1H3,(H,18,19). The van der Waals surface area contributed by atoms with E-state index in [0.29, 0.717) is 12.5 Å². The van der Waals surface area contributed by atoms with Crippen LogP contribution in [0.2, 0.25) is 0 Å². The Morgan fingerprint density at radius 3 is 3.10 bits per heavy atom. The molecule has 1 aromatic heterocycles. The monoisotopic (exact) mass is 289 g/mol. The van der Waals surface area contributed by atoms with Gasteiger partial charge < -0.3 is 4.74 Å². The molecule has 0 radical (unpaired) electrons. The number of hydrogen-bond acceptors (Lipinski definition) is 3. The predicted octanol–water partition coefficient (Wildman–Crippen LogP) is 2.94. The molecule has 0 amide bonds. The molecule has 1 aliphatic rings. The number of piperidine rings is 1. The molecule has 0 spiro atoms. The van der Waals surface area contributed by atoms with Gasteiger partial charge in [0.25, 0.3) is 0 Å². The molecule has 1 aromatic carbocycles. The minimum atomic E-state index is -0.215. The number of benzene rings is 1. The number of aromatic amines is 1. The number of rotatable bonds is 4. The molecular formula is C16H20FN3O. The molecule has 1 unspecified atom stereocenters. The lowest BCUT2D eigenvalue weighted by Crippen LogP contribution is -2.34. The van der Waals surface area contributed by atoms with Gasteiger partial charge in [-0.25, -0.2) is 4.39 Å². The molecular weight excluding hydrogens is 269 g/mol. The molecule has 1 aliphatic heterocycles. The molecule has 4 nitrogen and oxygen atoms in total. The van der Waals surface area contributed by atoms with Crippen LogP contribution in [-0.2, 0) is 6.54 Å². The maximum Gasteiger partial charge on any atom is 0.123 e. The van der Waals surface area contributed by atoms with Crippen LogP contribution in [0.25, 0.3) is 0 Å². The van der Waals surface area contributed by atoms with Gasteiger partial charge in [0.1, 0.15) is 11.6 Å². The molecule has 3 rings (SSSR count). The number of H-pyrrole nitrogens is 1. The largest absolute Gasteiger partial charge is 0.496 e. The van der Waals surface area contributed by atoms with Gasteiger partial charge in [0.05, 0.1) is 7.11 Å². The Morgan fingerprint density at radius 2 is 2.33 bits per heavy atom. The molecule has 2 aromatic rings. The first kappa shape index (κ1) is 14.1. The third kappa shape index (κ3) is 3.24. The van der Waals surface area contributed by atoms with E-state index in [0.717, 1.165) is 30.8 Å². The van der Waals surface area contributed by atoms with Gasteiger partial charge >= 0.3 is 0 Å². The highest BCUT2D eigenvalue weighted by Gasteiger charge is 2.23. The van der Waals surface area contributed by atoms with E-state index in [-0.39, 0.29) is 5.82 Å². The summed E-state index contributed by atoms with van der Waals surface area (Å²) in [4.78, 5) is 2.35. The molecule has 1 saturated heterocycles. The Balaban J connectivity index is 1.71. The summed E-state index contributed by atoms with van der Waals surface area (Å²) < 4.78 is 18.8. The first-order chi connectivity index (χ1) is 10.3. The van der Waals surface area contributed by atoms with Gasteiger partial charge in [-0.1, -0.05) is 0 Å². The Labute approximate surface area is 123 Å². The second kappa shape index (κ2) is 6.26. The van der Waals surface area contributed by atoms with Crippen LogP contribution in [0.3, 0.4) is 0 Å².